The molecule has 0 amide bonds. The first-order chi connectivity index (χ1) is 15.4. The SMILES string of the molecule is CCOC(=O)C1CCN([C@H](c2ccc(C(C)C)cc2)c2sc3nc(CC)nn3c2O)CC1. The van der Waals surface area contributed by atoms with Crippen LogP contribution in [0, 0.1) is 5.92 Å². The fourth-order valence-electron chi connectivity index (χ4n) is 4.36. The fourth-order valence-corrected chi connectivity index (χ4v) is 5.50. The molecule has 2 aromatic heterocycles. The third-order valence-corrected chi connectivity index (χ3v) is 7.31. The van der Waals surface area contributed by atoms with E-state index >= 15 is 0 Å². The lowest BCUT2D eigenvalue weighted by Crippen LogP contribution is -2.39. The zero-order valence-corrected chi connectivity index (χ0v) is 20.1. The molecule has 8 heteroatoms. The second-order valence-electron chi connectivity index (χ2n) is 8.65. The molecule has 1 atom stereocenters. The van der Waals surface area contributed by atoms with Crippen molar-refractivity contribution in [3.05, 3.63) is 46.1 Å². The third kappa shape index (κ3) is 4.38. The first kappa shape index (κ1) is 22.7. The number of hydrogen-bond acceptors (Lipinski definition) is 7. The van der Waals surface area contributed by atoms with Crippen LogP contribution in [0.25, 0.3) is 4.96 Å². The standard InChI is InChI=1S/C24H32N4O3S/c1-5-19-25-24-28(26-19)22(29)21(32-24)20(17-9-7-16(8-10-17)15(3)4)27-13-11-18(12-14-27)23(30)31-6-2/h7-10,15,18,20,29H,5-6,11-14H2,1-4H3/t20-/m1/s1. The summed E-state index contributed by atoms with van der Waals surface area (Å²) in [5, 5.41) is 15.5. The van der Waals surface area contributed by atoms with Crippen molar-refractivity contribution in [3.8, 4) is 5.88 Å². The second-order valence-corrected chi connectivity index (χ2v) is 9.66. The van der Waals surface area contributed by atoms with Crippen LogP contribution in [0.15, 0.2) is 24.3 Å². The van der Waals surface area contributed by atoms with Gasteiger partial charge in [-0.1, -0.05) is 56.4 Å². The summed E-state index contributed by atoms with van der Waals surface area (Å²) in [5.74, 6) is 1.18. The minimum atomic E-state index is -0.113. The molecule has 0 aliphatic carbocycles. The quantitative estimate of drug-likeness (QED) is 0.526. The molecule has 1 aliphatic heterocycles. The Balaban J connectivity index is 1.67. The number of aryl methyl sites for hydroxylation is 1. The van der Waals surface area contributed by atoms with Crippen LogP contribution >= 0.6 is 11.3 Å². The molecule has 32 heavy (non-hydrogen) atoms. The molecule has 0 radical (unpaired) electrons. The summed E-state index contributed by atoms with van der Waals surface area (Å²) in [4.78, 5) is 20.7. The Kier molecular flexibility index (Phi) is 6.81. The van der Waals surface area contributed by atoms with E-state index < -0.39 is 0 Å². The number of nitrogens with zero attached hydrogens (tertiary/aromatic N) is 4. The zero-order chi connectivity index (χ0) is 22.8. The van der Waals surface area contributed by atoms with E-state index in [4.69, 9.17) is 4.74 Å². The summed E-state index contributed by atoms with van der Waals surface area (Å²) < 4.78 is 6.79. The van der Waals surface area contributed by atoms with E-state index in [1.54, 1.807) is 4.52 Å². The van der Waals surface area contributed by atoms with Crippen LogP contribution in [0.1, 0.15) is 74.3 Å². The predicted octanol–water partition coefficient (Wildman–Crippen LogP) is 4.55. The Hall–Kier alpha value is -2.45. The van der Waals surface area contributed by atoms with Gasteiger partial charge in [0.05, 0.1) is 23.4 Å². The van der Waals surface area contributed by atoms with Gasteiger partial charge in [-0.3, -0.25) is 9.69 Å². The van der Waals surface area contributed by atoms with Gasteiger partial charge in [-0.15, -0.1) is 5.10 Å². The normalized spacial score (nSPS) is 16.7. The number of piperidine rings is 1. The van der Waals surface area contributed by atoms with E-state index in [9.17, 15) is 9.90 Å². The number of ether oxygens (including phenoxy) is 1. The number of carbonyl (C=O) groups excluding carboxylic acids is 1. The van der Waals surface area contributed by atoms with Crippen LogP contribution in [-0.4, -0.2) is 50.3 Å². The smallest absolute Gasteiger partial charge is 0.309 e. The number of rotatable bonds is 7. The number of benzene rings is 1. The zero-order valence-electron chi connectivity index (χ0n) is 19.2. The maximum atomic E-state index is 12.2. The van der Waals surface area contributed by atoms with Crippen LogP contribution in [0.3, 0.4) is 0 Å². The van der Waals surface area contributed by atoms with Crippen molar-refractivity contribution in [1.29, 1.82) is 0 Å². The molecule has 4 rings (SSSR count). The molecule has 0 saturated carbocycles. The molecule has 1 saturated heterocycles. The number of aromatic nitrogens is 3. The van der Waals surface area contributed by atoms with Gasteiger partial charge in [0.25, 0.3) is 0 Å². The minimum absolute atomic E-state index is 0.0572. The van der Waals surface area contributed by atoms with E-state index in [-0.39, 0.29) is 23.8 Å². The lowest BCUT2D eigenvalue weighted by molar-refractivity contribution is -0.149. The second kappa shape index (κ2) is 9.58. The van der Waals surface area contributed by atoms with Gasteiger partial charge >= 0.3 is 5.97 Å². The molecule has 1 aliphatic rings. The summed E-state index contributed by atoms with van der Waals surface area (Å²) in [6, 6.07) is 8.54. The highest BCUT2D eigenvalue weighted by Crippen LogP contribution is 2.41. The molecule has 0 unspecified atom stereocenters. The number of fused-ring (bicyclic) bond motifs is 1. The highest BCUT2D eigenvalue weighted by molar-refractivity contribution is 7.17. The largest absolute Gasteiger partial charge is 0.492 e. The Labute approximate surface area is 193 Å². The Morgan fingerprint density at radius 3 is 2.41 bits per heavy atom. The predicted molar refractivity (Wildman–Crippen MR) is 125 cm³/mol. The van der Waals surface area contributed by atoms with E-state index in [1.165, 1.54) is 16.9 Å². The summed E-state index contributed by atoms with van der Waals surface area (Å²) in [7, 11) is 0. The number of thiazole rings is 1. The van der Waals surface area contributed by atoms with E-state index in [0.717, 1.165) is 48.6 Å². The Morgan fingerprint density at radius 1 is 1.19 bits per heavy atom. The van der Waals surface area contributed by atoms with E-state index in [0.29, 0.717) is 17.5 Å². The number of likely N-dealkylation sites (tertiary alicyclic amines) is 1. The summed E-state index contributed by atoms with van der Waals surface area (Å²) in [6.07, 6.45) is 2.23. The van der Waals surface area contributed by atoms with Crippen LogP contribution in [0.4, 0.5) is 0 Å². The van der Waals surface area contributed by atoms with Crippen molar-refractivity contribution in [2.45, 2.75) is 58.9 Å². The molecule has 1 fully saturated rings. The summed E-state index contributed by atoms with van der Waals surface area (Å²) in [6.45, 7) is 10.1. The number of aromatic hydroxyl groups is 1. The highest BCUT2D eigenvalue weighted by atomic mass is 32.1. The van der Waals surface area contributed by atoms with Gasteiger partial charge in [-0.05, 0) is 49.9 Å². The first-order valence-electron chi connectivity index (χ1n) is 11.5. The molecule has 0 bridgehead atoms. The monoisotopic (exact) mass is 456 g/mol. The van der Waals surface area contributed by atoms with Gasteiger partial charge in [-0.25, -0.2) is 4.98 Å². The van der Waals surface area contributed by atoms with E-state index in [2.05, 4.69) is 53.1 Å². The van der Waals surface area contributed by atoms with Gasteiger partial charge < -0.3 is 9.84 Å². The van der Waals surface area contributed by atoms with Gasteiger partial charge in [0, 0.05) is 6.42 Å². The topological polar surface area (TPSA) is 80.0 Å². The first-order valence-corrected chi connectivity index (χ1v) is 12.3. The number of hydrogen-bond donors (Lipinski definition) is 1. The molecule has 7 nitrogen and oxygen atoms in total. The average Bonchev–Trinajstić information content (AvgIpc) is 3.34. The molecule has 1 aromatic carbocycles. The van der Waals surface area contributed by atoms with Crippen molar-refractivity contribution >= 4 is 22.3 Å². The van der Waals surface area contributed by atoms with E-state index in [1.807, 2.05) is 13.8 Å². The van der Waals surface area contributed by atoms with Crippen molar-refractivity contribution in [1.82, 2.24) is 19.5 Å². The van der Waals surface area contributed by atoms with Crippen LogP contribution in [0.5, 0.6) is 5.88 Å². The third-order valence-electron chi connectivity index (χ3n) is 6.24. The van der Waals surface area contributed by atoms with Gasteiger partial charge in [-0.2, -0.15) is 4.52 Å². The molecular formula is C24H32N4O3S. The lowest BCUT2D eigenvalue weighted by Gasteiger charge is -2.36. The molecule has 1 N–H and O–H groups in total. The maximum absolute atomic E-state index is 12.2. The molecule has 0 spiro atoms. The number of esters is 1. The van der Waals surface area contributed by atoms with Crippen molar-refractivity contribution in [3.63, 3.8) is 0 Å². The summed E-state index contributed by atoms with van der Waals surface area (Å²) >= 11 is 1.49. The number of carbonyl (C=O) groups is 1. The Bertz CT molecular complexity index is 1070. The molecule has 3 aromatic rings. The average molecular weight is 457 g/mol. The van der Waals surface area contributed by atoms with Crippen molar-refractivity contribution < 1.29 is 14.6 Å². The molecule has 3 heterocycles. The van der Waals surface area contributed by atoms with Gasteiger partial charge in [0.2, 0.25) is 10.8 Å². The molecule has 172 valence electrons. The lowest BCUT2D eigenvalue weighted by atomic mass is 9.93. The van der Waals surface area contributed by atoms with Crippen molar-refractivity contribution in [2.75, 3.05) is 19.7 Å². The van der Waals surface area contributed by atoms with Crippen molar-refractivity contribution in [2.24, 2.45) is 5.92 Å². The molecular weight excluding hydrogens is 424 g/mol. The van der Waals surface area contributed by atoms with Gasteiger partial charge in [0.1, 0.15) is 0 Å². The van der Waals surface area contributed by atoms with Crippen LogP contribution in [-0.2, 0) is 16.0 Å². The Morgan fingerprint density at radius 2 is 1.84 bits per heavy atom. The fraction of sp³-hybridized carbons (Fsp3) is 0.542. The summed E-state index contributed by atoms with van der Waals surface area (Å²) in [5.41, 5.74) is 2.41. The maximum Gasteiger partial charge on any atom is 0.309 e. The van der Waals surface area contributed by atoms with Crippen LogP contribution < -0.4 is 0 Å². The highest BCUT2D eigenvalue weighted by Gasteiger charge is 2.34. The van der Waals surface area contributed by atoms with Crippen LogP contribution in [0.2, 0.25) is 0 Å². The van der Waals surface area contributed by atoms with Gasteiger partial charge in [0.15, 0.2) is 5.82 Å². The minimum Gasteiger partial charge on any atom is -0.492 e.